The van der Waals surface area contributed by atoms with E-state index in [1.807, 2.05) is 41.5 Å². The summed E-state index contributed by atoms with van der Waals surface area (Å²) in [5.74, 6) is 1.57. The summed E-state index contributed by atoms with van der Waals surface area (Å²) >= 11 is 0. The minimum atomic E-state index is -0.754. The smallest absolute Gasteiger partial charge is 0.290 e. The van der Waals surface area contributed by atoms with Crippen LogP contribution in [0.3, 0.4) is 0 Å². The monoisotopic (exact) mass is 833 g/mol. The molecule has 11 nitrogen and oxygen atoms in total. The largest absolute Gasteiger partial charge is 0.493 e. The number of hydrogen-bond acceptors (Lipinski definition) is 9. The first-order valence-corrected chi connectivity index (χ1v) is 23.0. The van der Waals surface area contributed by atoms with Crippen LogP contribution < -0.4 is 10.1 Å². The summed E-state index contributed by atoms with van der Waals surface area (Å²) < 4.78 is 12.8. The third-order valence-corrected chi connectivity index (χ3v) is 14.9. The van der Waals surface area contributed by atoms with Crippen molar-refractivity contribution in [2.24, 2.45) is 11.8 Å². The van der Waals surface area contributed by atoms with Gasteiger partial charge in [0.15, 0.2) is 0 Å². The van der Waals surface area contributed by atoms with Crippen LogP contribution in [0, 0.1) is 11.8 Å². The van der Waals surface area contributed by atoms with Crippen LogP contribution in [0.2, 0.25) is 0 Å². The molecule has 0 amide bonds. The molecule has 0 radical (unpaired) electrons. The molecule has 6 N–H and O–H groups in total. The number of carbonyl (C=O) groups is 1. The molecule has 2 spiro atoms. The second-order valence-corrected chi connectivity index (χ2v) is 16.6. The van der Waals surface area contributed by atoms with E-state index in [-0.39, 0.29) is 46.9 Å². The number of H-pyrrole nitrogens is 1. The Hall–Kier alpha value is -3.45. The van der Waals surface area contributed by atoms with Gasteiger partial charge in [-0.1, -0.05) is 85.7 Å². The fraction of sp³-hybridized carbons (Fsp3) is 0.653. The third kappa shape index (κ3) is 6.99. The summed E-state index contributed by atoms with van der Waals surface area (Å²) in [6.45, 7) is 21.8. The molecule has 1 aromatic heterocycles. The van der Waals surface area contributed by atoms with Crippen molar-refractivity contribution in [3.05, 3.63) is 70.9 Å². The van der Waals surface area contributed by atoms with Gasteiger partial charge in [-0.2, -0.15) is 0 Å². The summed E-state index contributed by atoms with van der Waals surface area (Å²) in [7, 11) is 2.75. The average molecular weight is 833 g/mol. The number of ether oxygens (including phenoxy) is 2. The molecule has 60 heavy (non-hydrogen) atoms. The van der Waals surface area contributed by atoms with Crippen molar-refractivity contribution < 1.29 is 34.7 Å². The van der Waals surface area contributed by atoms with Gasteiger partial charge in [-0.05, 0) is 87.6 Å². The Morgan fingerprint density at radius 1 is 0.967 bits per heavy atom. The van der Waals surface area contributed by atoms with Crippen LogP contribution in [0.25, 0.3) is 10.9 Å². The lowest BCUT2D eigenvalue weighted by atomic mass is 9.58. The van der Waals surface area contributed by atoms with Crippen molar-refractivity contribution in [2.75, 3.05) is 45.8 Å². The maximum atomic E-state index is 12.1. The van der Waals surface area contributed by atoms with E-state index in [9.17, 15) is 10.2 Å². The molecule has 7 aliphatic rings. The number of anilines is 1. The van der Waals surface area contributed by atoms with Crippen molar-refractivity contribution in [1.29, 1.82) is 0 Å². The quantitative estimate of drug-likeness (QED) is 0.107. The Morgan fingerprint density at radius 2 is 1.67 bits per heavy atom. The Morgan fingerprint density at radius 3 is 2.32 bits per heavy atom. The molecule has 3 aromatic rings. The van der Waals surface area contributed by atoms with Gasteiger partial charge in [-0.25, -0.2) is 0 Å². The average Bonchev–Trinajstić information content (AvgIpc) is 3.58. The number of rotatable bonds is 6. The minimum absolute atomic E-state index is 0.0343. The molecule has 11 heteroatoms. The number of nitrogens with zero attached hydrogens (tertiary/aromatic N) is 2. The van der Waals surface area contributed by atoms with Gasteiger partial charge in [0.2, 0.25) is 0 Å². The number of aromatic amines is 1. The summed E-state index contributed by atoms with van der Waals surface area (Å²) in [4.78, 5) is 17.6. The van der Waals surface area contributed by atoms with E-state index < -0.39 is 11.8 Å². The van der Waals surface area contributed by atoms with Crippen LogP contribution in [0.5, 0.6) is 5.75 Å². The van der Waals surface area contributed by atoms with E-state index >= 15 is 0 Å². The summed E-state index contributed by atoms with van der Waals surface area (Å²) in [6, 6.07) is 13.7. The predicted molar refractivity (Wildman–Crippen MR) is 242 cm³/mol. The molecule has 334 valence electrons. The highest BCUT2D eigenvalue weighted by Crippen LogP contribution is 2.68. The zero-order chi connectivity index (χ0) is 44.2. The van der Waals surface area contributed by atoms with E-state index in [0.717, 1.165) is 83.1 Å². The topological polar surface area (TPSA) is 151 Å². The number of fused-ring (bicyclic) bond motifs is 4. The van der Waals surface area contributed by atoms with E-state index in [2.05, 4.69) is 89.4 Å². The fourth-order valence-electron chi connectivity index (χ4n) is 12.8. The Bertz CT molecular complexity index is 1930. The van der Waals surface area contributed by atoms with Crippen LogP contribution in [-0.2, 0) is 26.8 Å². The molecule has 0 bridgehead atoms. The molecular weight excluding hydrogens is 757 g/mol. The number of piperidine rings is 1. The van der Waals surface area contributed by atoms with Crippen LogP contribution in [0.1, 0.15) is 123 Å². The first kappa shape index (κ1) is 47.6. The Kier molecular flexibility index (Phi) is 15.3. The van der Waals surface area contributed by atoms with Crippen molar-refractivity contribution in [1.82, 2.24) is 14.8 Å². The lowest BCUT2D eigenvalue weighted by Crippen LogP contribution is -2.68. The van der Waals surface area contributed by atoms with Gasteiger partial charge in [-0.15, -0.1) is 0 Å². The SMILES string of the molecule is CC.CC.CC.CCOc1cc2c(cc1[C@@]1(CC)CC34CC3CC(O)(CC)N4CCc3c1[nH]c1ccccc31)[C@@]13CCN4CC=CC(C(OC)C(O)[C@@H]1N2)C43.CO.O=CO. The van der Waals surface area contributed by atoms with E-state index in [1.54, 1.807) is 7.11 Å². The zero-order valence-corrected chi connectivity index (χ0v) is 38.3. The third-order valence-electron chi connectivity index (χ3n) is 14.9. The van der Waals surface area contributed by atoms with Gasteiger partial charge in [0, 0.05) is 89.6 Å². The summed E-state index contributed by atoms with van der Waals surface area (Å²) in [5.41, 5.74) is 6.22. The van der Waals surface area contributed by atoms with Gasteiger partial charge in [0.05, 0.1) is 18.8 Å². The maximum Gasteiger partial charge on any atom is 0.290 e. The molecule has 6 heterocycles. The highest BCUT2D eigenvalue weighted by molar-refractivity contribution is 5.86. The lowest BCUT2D eigenvalue weighted by Gasteiger charge is -2.53. The second-order valence-electron chi connectivity index (χ2n) is 16.6. The van der Waals surface area contributed by atoms with Crippen molar-refractivity contribution in [2.45, 2.75) is 154 Å². The molecular formula is C49H76N4O7. The number of hydrogen-bond donors (Lipinski definition) is 6. The molecule has 10 rings (SSSR count). The molecule has 5 aliphatic heterocycles. The lowest BCUT2D eigenvalue weighted by molar-refractivity contribution is -0.123. The van der Waals surface area contributed by atoms with Crippen molar-refractivity contribution >= 4 is 23.1 Å². The number of benzene rings is 2. The van der Waals surface area contributed by atoms with E-state index in [0.29, 0.717) is 12.5 Å². The highest BCUT2D eigenvalue weighted by Gasteiger charge is 2.72. The van der Waals surface area contributed by atoms with Crippen LogP contribution >= 0.6 is 0 Å². The molecule has 10 atom stereocenters. The minimum Gasteiger partial charge on any atom is -0.493 e. The number of para-hydroxylation sites is 1. The summed E-state index contributed by atoms with van der Waals surface area (Å²) in [6.07, 6.45) is 10.2. The summed E-state index contributed by atoms with van der Waals surface area (Å²) in [5, 5.41) is 43.2. The first-order chi connectivity index (χ1) is 29.2. The fourth-order valence-corrected chi connectivity index (χ4v) is 12.8. The highest BCUT2D eigenvalue weighted by atomic mass is 16.5. The molecule has 2 saturated carbocycles. The van der Waals surface area contributed by atoms with Crippen LogP contribution in [0.15, 0.2) is 48.6 Å². The van der Waals surface area contributed by atoms with E-state index in [4.69, 9.17) is 24.5 Å². The number of aliphatic hydroxyl groups excluding tert-OH is 2. The number of carboxylic acid groups (broad SMARTS) is 1. The van der Waals surface area contributed by atoms with E-state index in [1.165, 1.54) is 33.3 Å². The Balaban J connectivity index is 0.000000574. The van der Waals surface area contributed by atoms with Crippen LogP contribution in [0.4, 0.5) is 5.69 Å². The van der Waals surface area contributed by atoms with Crippen molar-refractivity contribution in [3.63, 3.8) is 0 Å². The van der Waals surface area contributed by atoms with Gasteiger partial charge < -0.3 is 40.2 Å². The normalized spacial score (nSPS) is 34.6. The molecule has 2 saturated heterocycles. The number of methoxy groups -OCH3 is 1. The number of aromatic nitrogens is 1. The Labute approximate surface area is 359 Å². The zero-order valence-electron chi connectivity index (χ0n) is 38.3. The second kappa shape index (κ2) is 19.3. The first-order valence-electron chi connectivity index (χ1n) is 23.0. The van der Waals surface area contributed by atoms with Gasteiger partial charge >= 0.3 is 0 Å². The standard InChI is InChI=1S/C41H52N4O4.3C2H6.CH2O2.CH4O/c1-5-38(23-39-21-24(39)22-40(47,6-2)45(39)17-14-26-25-11-8-9-13-30(25)42-35(26)38)29-19-28-31(20-32(29)49-7-3)43-36-33(46)34(48-4)27-12-10-16-44-18-15-41(28,36)37(27)44;3*1-2;2-1-3;1-2/h8-13,19-20,24,27,33-34,36-37,42-43,46-47H,5-7,14-18,21-23H2,1-4H3;3*1-2H3;1H,(H,2,3);2H,1H3/t24?,27?,33?,34?,36-,37?,38+,39?,40?,41-;;;;;/m0...../s1. The predicted octanol–water partition coefficient (Wildman–Crippen LogP) is 7.84. The van der Waals surface area contributed by atoms with Gasteiger partial charge in [0.1, 0.15) is 17.6 Å². The number of aliphatic hydroxyl groups is 3. The van der Waals surface area contributed by atoms with Crippen LogP contribution in [-0.4, -0.2) is 118 Å². The molecule has 4 fully saturated rings. The van der Waals surface area contributed by atoms with Gasteiger partial charge in [0.25, 0.3) is 6.47 Å². The molecule has 2 aliphatic carbocycles. The van der Waals surface area contributed by atoms with Crippen molar-refractivity contribution in [3.8, 4) is 5.75 Å². The molecule has 7 unspecified atom stereocenters. The van der Waals surface area contributed by atoms with Gasteiger partial charge in [-0.3, -0.25) is 14.6 Å². The molecule has 2 aromatic carbocycles. The maximum absolute atomic E-state index is 12.1. The number of nitrogens with one attached hydrogen (secondary N) is 2.